The molecule has 1 N–H and O–H groups in total. The van der Waals surface area contributed by atoms with Gasteiger partial charge in [0.25, 0.3) is 0 Å². The first-order valence-corrected chi connectivity index (χ1v) is 4.90. The zero-order chi connectivity index (χ0) is 12.0. The number of thiocarbonyl (C=S) groups is 1. The van der Waals surface area contributed by atoms with Gasteiger partial charge in [0.05, 0.1) is 6.34 Å². The summed E-state index contributed by atoms with van der Waals surface area (Å²) >= 11 is 4.99. The van der Waals surface area contributed by atoms with E-state index >= 15 is 0 Å². The Morgan fingerprint density at radius 1 is 1.69 bits per heavy atom. The SMILES string of the molecule is CN(C)C=NC(=S)Nc1ccnc(C#N)c1. The molecule has 82 valence electrons. The minimum Gasteiger partial charge on any atom is -0.369 e. The molecule has 16 heavy (non-hydrogen) atoms. The van der Waals surface area contributed by atoms with Gasteiger partial charge >= 0.3 is 0 Å². The van der Waals surface area contributed by atoms with Crippen molar-refractivity contribution < 1.29 is 0 Å². The molecule has 0 atom stereocenters. The van der Waals surface area contributed by atoms with Gasteiger partial charge in [-0.25, -0.2) is 9.98 Å². The van der Waals surface area contributed by atoms with E-state index in [9.17, 15) is 0 Å². The summed E-state index contributed by atoms with van der Waals surface area (Å²) in [6, 6.07) is 5.28. The second-order valence-electron chi connectivity index (χ2n) is 3.18. The van der Waals surface area contributed by atoms with Crippen LogP contribution in [0.5, 0.6) is 0 Å². The Labute approximate surface area is 99.4 Å². The molecule has 0 saturated carbocycles. The van der Waals surface area contributed by atoms with Gasteiger partial charge < -0.3 is 10.2 Å². The highest BCUT2D eigenvalue weighted by atomic mass is 32.1. The van der Waals surface area contributed by atoms with E-state index < -0.39 is 0 Å². The molecule has 1 heterocycles. The Kier molecular flexibility index (Phi) is 4.36. The fourth-order valence-corrected chi connectivity index (χ4v) is 1.06. The van der Waals surface area contributed by atoms with E-state index in [4.69, 9.17) is 17.5 Å². The van der Waals surface area contributed by atoms with Crippen LogP contribution in [0.2, 0.25) is 0 Å². The molecule has 6 heteroatoms. The van der Waals surface area contributed by atoms with Crippen molar-refractivity contribution in [2.75, 3.05) is 19.4 Å². The van der Waals surface area contributed by atoms with Gasteiger partial charge in [-0.1, -0.05) is 0 Å². The molecular formula is C10H11N5S. The zero-order valence-corrected chi connectivity index (χ0v) is 9.82. The molecule has 0 aliphatic heterocycles. The molecule has 1 rings (SSSR count). The topological polar surface area (TPSA) is 64.3 Å². The number of aromatic nitrogens is 1. The maximum absolute atomic E-state index is 8.66. The highest BCUT2D eigenvalue weighted by Crippen LogP contribution is 2.07. The molecule has 0 bridgehead atoms. The number of hydrogen-bond acceptors (Lipinski definition) is 3. The summed E-state index contributed by atoms with van der Waals surface area (Å²) in [6.45, 7) is 0. The van der Waals surface area contributed by atoms with Gasteiger partial charge in [0.1, 0.15) is 11.8 Å². The Morgan fingerprint density at radius 3 is 3.06 bits per heavy atom. The average Bonchev–Trinajstić information content (AvgIpc) is 2.26. The lowest BCUT2D eigenvalue weighted by molar-refractivity contribution is 0.644. The van der Waals surface area contributed by atoms with Crippen LogP contribution in [0.3, 0.4) is 0 Å². The van der Waals surface area contributed by atoms with Crippen LogP contribution in [0.25, 0.3) is 0 Å². The van der Waals surface area contributed by atoms with E-state index in [1.165, 1.54) is 0 Å². The standard InChI is InChI=1S/C10H11N5S/c1-15(2)7-13-10(16)14-8-3-4-12-9(5-8)6-11/h3-5,7H,1-2H3,(H,12,14,16). The molecule has 0 spiro atoms. The van der Waals surface area contributed by atoms with Gasteiger partial charge in [0.15, 0.2) is 5.11 Å². The molecule has 1 aromatic heterocycles. The van der Waals surface area contributed by atoms with E-state index in [2.05, 4.69) is 15.3 Å². The third-order valence-electron chi connectivity index (χ3n) is 1.53. The van der Waals surface area contributed by atoms with Gasteiger partial charge in [-0.2, -0.15) is 5.26 Å². The lowest BCUT2D eigenvalue weighted by atomic mass is 10.3. The maximum atomic E-state index is 8.66. The van der Waals surface area contributed by atoms with Crippen molar-refractivity contribution in [3.05, 3.63) is 24.0 Å². The van der Waals surface area contributed by atoms with Crippen molar-refractivity contribution in [1.29, 1.82) is 5.26 Å². The number of rotatable bonds is 2. The first-order valence-electron chi connectivity index (χ1n) is 4.49. The average molecular weight is 233 g/mol. The van der Waals surface area contributed by atoms with Crippen LogP contribution in [0.15, 0.2) is 23.3 Å². The van der Waals surface area contributed by atoms with Gasteiger partial charge in [-0.15, -0.1) is 0 Å². The number of nitrogens with one attached hydrogen (secondary N) is 1. The summed E-state index contributed by atoms with van der Waals surface area (Å²) in [5, 5.41) is 11.9. The highest BCUT2D eigenvalue weighted by molar-refractivity contribution is 7.80. The minimum atomic E-state index is 0.337. The normalized spacial score (nSPS) is 9.81. The van der Waals surface area contributed by atoms with Crippen molar-refractivity contribution in [1.82, 2.24) is 9.88 Å². The predicted octanol–water partition coefficient (Wildman–Crippen LogP) is 1.24. The summed E-state index contributed by atoms with van der Waals surface area (Å²) < 4.78 is 0. The van der Waals surface area contributed by atoms with Crippen LogP contribution in [-0.2, 0) is 0 Å². The van der Waals surface area contributed by atoms with Crippen molar-refractivity contribution in [3.63, 3.8) is 0 Å². The minimum absolute atomic E-state index is 0.337. The summed E-state index contributed by atoms with van der Waals surface area (Å²) in [6.07, 6.45) is 3.14. The number of nitriles is 1. The van der Waals surface area contributed by atoms with E-state index in [1.807, 2.05) is 20.2 Å². The van der Waals surface area contributed by atoms with Gasteiger partial charge in [-0.3, -0.25) is 0 Å². The first-order chi connectivity index (χ1) is 7.61. The third kappa shape index (κ3) is 4.02. The van der Waals surface area contributed by atoms with Gasteiger partial charge in [0.2, 0.25) is 0 Å². The smallest absolute Gasteiger partial charge is 0.198 e. The van der Waals surface area contributed by atoms with Crippen molar-refractivity contribution in [2.45, 2.75) is 0 Å². The van der Waals surface area contributed by atoms with E-state index in [-0.39, 0.29) is 0 Å². The zero-order valence-electron chi connectivity index (χ0n) is 9.01. The molecule has 5 nitrogen and oxygen atoms in total. The fraction of sp³-hybridized carbons (Fsp3) is 0.200. The fourth-order valence-electron chi connectivity index (χ4n) is 0.893. The number of aliphatic imine (C=N–C) groups is 1. The molecule has 0 fully saturated rings. The van der Waals surface area contributed by atoms with Gasteiger partial charge in [0, 0.05) is 26.0 Å². The van der Waals surface area contributed by atoms with Crippen molar-refractivity contribution in [3.8, 4) is 6.07 Å². The van der Waals surface area contributed by atoms with Crippen LogP contribution >= 0.6 is 12.2 Å². The molecule has 1 aromatic rings. The van der Waals surface area contributed by atoms with Gasteiger partial charge in [-0.05, 0) is 24.4 Å². The molecule has 0 aliphatic rings. The Hall–Kier alpha value is -2.00. The first kappa shape index (κ1) is 12.1. The molecule has 0 amide bonds. The quantitative estimate of drug-likeness (QED) is 0.473. The summed E-state index contributed by atoms with van der Waals surface area (Å²) in [7, 11) is 3.71. The monoisotopic (exact) mass is 233 g/mol. The molecular weight excluding hydrogens is 222 g/mol. The lowest BCUT2D eigenvalue weighted by Gasteiger charge is -2.05. The van der Waals surface area contributed by atoms with Crippen LogP contribution in [0.1, 0.15) is 5.69 Å². The summed E-state index contributed by atoms with van der Waals surface area (Å²) in [5.74, 6) is 0. The molecule has 0 aliphatic carbocycles. The Balaban J connectivity index is 2.67. The van der Waals surface area contributed by atoms with Crippen LogP contribution in [-0.4, -0.2) is 35.4 Å². The number of nitrogens with zero attached hydrogens (tertiary/aromatic N) is 4. The maximum Gasteiger partial charge on any atom is 0.198 e. The van der Waals surface area contributed by atoms with Crippen LogP contribution in [0.4, 0.5) is 5.69 Å². The third-order valence-corrected chi connectivity index (χ3v) is 1.74. The highest BCUT2D eigenvalue weighted by Gasteiger charge is 1.97. The summed E-state index contributed by atoms with van der Waals surface area (Å²) in [4.78, 5) is 9.62. The second-order valence-corrected chi connectivity index (χ2v) is 3.57. The molecule has 0 unspecified atom stereocenters. The van der Waals surface area contributed by atoms with Crippen LogP contribution < -0.4 is 5.32 Å². The Bertz CT molecular complexity index is 447. The Morgan fingerprint density at radius 2 is 2.44 bits per heavy atom. The van der Waals surface area contributed by atoms with E-state index in [0.29, 0.717) is 16.5 Å². The number of anilines is 1. The number of pyridine rings is 1. The molecule has 0 radical (unpaired) electrons. The van der Waals surface area contributed by atoms with Crippen LogP contribution in [0, 0.1) is 11.3 Å². The van der Waals surface area contributed by atoms with E-state index in [0.717, 1.165) is 0 Å². The van der Waals surface area contributed by atoms with E-state index in [1.54, 1.807) is 29.6 Å². The number of hydrogen-bond donors (Lipinski definition) is 1. The lowest BCUT2D eigenvalue weighted by Crippen LogP contribution is -2.12. The predicted molar refractivity (Wildman–Crippen MR) is 67.4 cm³/mol. The molecule has 0 aromatic carbocycles. The summed E-state index contributed by atoms with van der Waals surface area (Å²) in [5.41, 5.74) is 1.04. The molecule has 0 saturated heterocycles. The second kappa shape index (κ2) is 5.78. The van der Waals surface area contributed by atoms with Crippen molar-refractivity contribution in [2.24, 2.45) is 4.99 Å². The van der Waals surface area contributed by atoms with Crippen molar-refractivity contribution >= 4 is 29.4 Å². The largest absolute Gasteiger partial charge is 0.369 e.